The van der Waals surface area contributed by atoms with Gasteiger partial charge in [-0.3, -0.25) is 4.79 Å². The van der Waals surface area contributed by atoms with Gasteiger partial charge >= 0.3 is 0 Å². The molecule has 4 aromatic rings. The molecule has 4 rings (SSSR count). The minimum absolute atomic E-state index is 0.117. The lowest BCUT2D eigenvalue weighted by atomic mass is 10.0. The summed E-state index contributed by atoms with van der Waals surface area (Å²) in [5.74, 6) is 2.22. The molecule has 3 aromatic carbocycles. The molecule has 1 N–H and O–H groups in total. The molecule has 5 nitrogen and oxygen atoms in total. The highest BCUT2D eigenvalue weighted by atomic mass is 35.5. The molecule has 0 spiro atoms. The molecule has 0 radical (unpaired) electrons. The van der Waals surface area contributed by atoms with Gasteiger partial charge in [-0.25, -0.2) is 4.98 Å². The Bertz CT molecular complexity index is 1270. The second kappa shape index (κ2) is 11.2. The van der Waals surface area contributed by atoms with Crippen molar-refractivity contribution in [2.24, 2.45) is 0 Å². The first-order valence-corrected chi connectivity index (χ1v) is 12.1. The van der Waals surface area contributed by atoms with Gasteiger partial charge in [-0.2, -0.15) is 0 Å². The number of nitrogens with one attached hydrogen (secondary N) is 1. The lowest BCUT2D eigenvalue weighted by molar-refractivity contribution is 0.0953. The lowest BCUT2D eigenvalue weighted by Crippen LogP contribution is -2.25. The number of aryl methyl sites for hydroxylation is 1. The van der Waals surface area contributed by atoms with Gasteiger partial charge in [-0.15, -0.1) is 0 Å². The highest BCUT2D eigenvalue weighted by Gasteiger charge is 2.12. The Morgan fingerprint density at radius 3 is 2.68 bits per heavy atom. The molecule has 0 atom stereocenters. The smallest absolute Gasteiger partial charge is 0.251 e. The number of ether oxygens (including phenoxy) is 1. The maximum Gasteiger partial charge on any atom is 0.251 e. The molecule has 0 aliphatic rings. The quantitative estimate of drug-likeness (QED) is 0.275. The fraction of sp³-hybridized carbons (Fsp3) is 0.286. The van der Waals surface area contributed by atoms with E-state index >= 15 is 0 Å². The van der Waals surface area contributed by atoms with Gasteiger partial charge < -0.3 is 14.6 Å². The normalized spacial score (nSPS) is 11.2. The number of imidazole rings is 1. The van der Waals surface area contributed by atoms with Gasteiger partial charge in [0.25, 0.3) is 5.91 Å². The third-order valence-electron chi connectivity index (χ3n) is 5.80. The van der Waals surface area contributed by atoms with Crippen LogP contribution in [0.5, 0.6) is 5.75 Å². The summed E-state index contributed by atoms with van der Waals surface area (Å²) in [5, 5.41) is 3.53. The average Bonchev–Trinajstić information content (AvgIpc) is 3.19. The van der Waals surface area contributed by atoms with Gasteiger partial charge in [-0.05, 0) is 54.3 Å². The van der Waals surface area contributed by atoms with Crippen LogP contribution >= 0.6 is 11.6 Å². The minimum atomic E-state index is -0.117. The number of hydrogen-bond acceptors (Lipinski definition) is 3. The third-order valence-corrected chi connectivity index (χ3v) is 6.03. The van der Waals surface area contributed by atoms with Crippen LogP contribution in [-0.4, -0.2) is 28.6 Å². The van der Waals surface area contributed by atoms with Gasteiger partial charge in [0.15, 0.2) is 0 Å². The number of carbonyl (C=O) groups excluding carboxylic acids is 1. The van der Waals surface area contributed by atoms with Crippen molar-refractivity contribution in [3.8, 4) is 5.75 Å². The molecule has 1 amide bonds. The standard InChI is InChI=1S/C28H30ClN3O2/c1-20(2)23-11-3-6-14-26(23)34-18-17-32-25-13-5-4-12-24(25)31-27(32)15-8-16-30-28(33)21-9-7-10-22(29)19-21/h3-7,9-14,19-20H,8,15-18H2,1-2H3,(H,30,33). The molecule has 1 heterocycles. The number of halogens is 1. The van der Waals surface area contributed by atoms with Crippen LogP contribution < -0.4 is 10.1 Å². The van der Waals surface area contributed by atoms with E-state index in [1.54, 1.807) is 24.3 Å². The zero-order valence-electron chi connectivity index (χ0n) is 19.6. The summed E-state index contributed by atoms with van der Waals surface area (Å²) in [6.07, 6.45) is 1.54. The Labute approximate surface area is 205 Å². The van der Waals surface area contributed by atoms with Crippen LogP contribution in [0, 0.1) is 0 Å². The Morgan fingerprint density at radius 2 is 1.85 bits per heavy atom. The van der Waals surface area contributed by atoms with E-state index in [0.29, 0.717) is 36.2 Å². The molecule has 0 unspecified atom stereocenters. The van der Waals surface area contributed by atoms with Gasteiger partial charge in [0.1, 0.15) is 18.2 Å². The molecule has 0 aliphatic heterocycles. The fourth-order valence-corrected chi connectivity index (χ4v) is 4.27. The summed E-state index contributed by atoms with van der Waals surface area (Å²) in [7, 11) is 0. The summed E-state index contributed by atoms with van der Waals surface area (Å²) < 4.78 is 8.40. The van der Waals surface area contributed by atoms with Gasteiger partial charge in [-0.1, -0.05) is 61.8 Å². The van der Waals surface area contributed by atoms with Crippen LogP contribution in [0.2, 0.25) is 5.02 Å². The first-order chi connectivity index (χ1) is 16.5. The first kappa shape index (κ1) is 23.8. The molecule has 6 heteroatoms. The minimum Gasteiger partial charge on any atom is -0.491 e. The highest BCUT2D eigenvalue weighted by molar-refractivity contribution is 6.30. The number of rotatable bonds is 10. The van der Waals surface area contributed by atoms with Crippen LogP contribution in [0.15, 0.2) is 72.8 Å². The Kier molecular flexibility index (Phi) is 7.86. The van der Waals surface area contributed by atoms with Gasteiger partial charge in [0.05, 0.1) is 17.6 Å². The maximum atomic E-state index is 12.4. The Morgan fingerprint density at radius 1 is 1.06 bits per heavy atom. The Hall–Kier alpha value is -3.31. The van der Waals surface area contributed by atoms with E-state index in [2.05, 4.69) is 41.9 Å². The molecule has 34 heavy (non-hydrogen) atoms. The predicted molar refractivity (Wildman–Crippen MR) is 138 cm³/mol. The molecule has 0 saturated heterocycles. The monoisotopic (exact) mass is 475 g/mol. The number of para-hydroxylation sites is 3. The molecule has 0 bridgehead atoms. The van der Waals surface area contributed by atoms with E-state index in [-0.39, 0.29) is 5.91 Å². The highest BCUT2D eigenvalue weighted by Crippen LogP contribution is 2.26. The number of nitrogens with zero attached hydrogens (tertiary/aromatic N) is 2. The van der Waals surface area contributed by atoms with Crippen molar-refractivity contribution in [2.45, 2.75) is 39.2 Å². The summed E-state index contributed by atoms with van der Waals surface area (Å²) in [4.78, 5) is 17.2. The van der Waals surface area contributed by atoms with Crippen molar-refractivity contribution in [2.75, 3.05) is 13.2 Å². The van der Waals surface area contributed by atoms with E-state index < -0.39 is 0 Å². The Balaban J connectivity index is 1.39. The van der Waals surface area contributed by atoms with Crippen LogP contribution in [0.4, 0.5) is 0 Å². The van der Waals surface area contributed by atoms with Crippen LogP contribution in [0.1, 0.15) is 47.9 Å². The second-order valence-electron chi connectivity index (χ2n) is 8.58. The van der Waals surface area contributed by atoms with E-state index in [9.17, 15) is 4.79 Å². The molecule has 176 valence electrons. The molecule has 0 aliphatic carbocycles. The van der Waals surface area contributed by atoms with Crippen molar-refractivity contribution in [1.29, 1.82) is 0 Å². The number of hydrogen-bond donors (Lipinski definition) is 1. The van der Waals surface area contributed by atoms with Crippen LogP contribution in [-0.2, 0) is 13.0 Å². The molecular formula is C28H30ClN3O2. The maximum absolute atomic E-state index is 12.4. The number of amides is 1. The van der Waals surface area contributed by atoms with E-state index in [4.69, 9.17) is 21.3 Å². The van der Waals surface area contributed by atoms with Crippen molar-refractivity contribution >= 4 is 28.5 Å². The van der Waals surface area contributed by atoms with E-state index in [1.807, 2.05) is 30.3 Å². The molecule has 0 fully saturated rings. The lowest BCUT2D eigenvalue weighted by Gasteiger charge is -2.15. The van der Waals surface area contributed by atoms with Crippen molar-refractivity contribution in [1.82, 2.24) is 14.9 Å². The SMILES string of the molecule is CC(C)c1ccccc1OCCn1c(CCCNC(=O)c2cccc(Cl)c2)nc2ccccc21. The third kappa shape index (κ3) is 5.78. The van der Waals surface area contributed by atoms with Crippen LogP contribution in [0.3, 0.4) is 0 Å². The predicted octanol–water partition coefficient (Wildman–Crippen LogP) is 6.25. The number of fused-ring (bicyclic) bond motifs is 1. The zero-order chi connectivity index (χ0) is 23.9. The molecular weight excluding hydrogens is 446 g/mol. The van der Waals surface area contributed by atoms with Crippen molar-refractivity contribution in [3.05, 3.63) is 94.8 Å². The molecule has 1 aromatic heterocycles. The summed E-state index contributed by atoms with van der Waals surface area (Å²) in [6, 6.07) is 23.3. The van der Waals surface area contributed by atoms with Crippen molar-refractivity contribution in [3.63, 3.8) is 0 Å². The zero-order valence-corrected chi connectivity index (χ0v) is 20.4. The number of aromatic nitrogens is 2. The van der Waals surface area contributed by atoms with Gasteiger partial charge in [0.2, 0.25) is 0 Å². The summed E-state index contributed by atoms with van der Waals surface area (Å²) in [6.45, 7) is 6.18. The second-order valence-corrected chi connectivity index (χ2v) is 9.02. The first-order valence-electron chi connectivity index (χ1n) is 11.7. The summed E-state index contributed by atoms with van der Waals surface area (Å²) in [5.41, 5.74) is 3.86. The average molecular weight is 476 g/mol. The van der Waals surface area contributed by atoms with E-state index in [1.165, 1.54) is 5.56 Å². The summed E-state index contributed by atoms with van der Waals surface area (Å²) >= 11 is 5.99. The molecule has 0 saturated carbocycles. The largest absolute Gasteiger partial charge is 0.491 e. The van der Waals surface area contributed by atoms with E-state index in [0.717, 1.165) is 35.4 Å². The number of carbonyl (C=O) groups is 1. The number of benzene rings is 3. The topological polar surface area (TPSA) is 56.1 Å². The van der Waals surface area contributed by atoms with Crippen molar-refractivity contribution < 1.29 is 9.53 Å². The van der Waals surface area contributed by atoms with Crippen LogP contribution in [0.25, 0.3) is 11.0 Å². The van der Waals surface area contributed by atoms with Gasteiger partial charge in [0, 0.05) is 23.6 Å². The fourth-order valence-electron chi connectivity index (χ4n) is 4.08.